The van der Waals surface area contributed by atoms with E-state index in [0.29, 0.717) is 12.3 Å². The first-order chi connectivity index (χ1) is 10.1. The van der Waals surface area contributed by atoms with Gasteiger partial charge >= 0.3 is 0 Å². The zero-order valence-corrected chi connectivity index (χ0v) is 16.6. The molecular weight excluding hydrogens is 533 g/mol. The Morgan fingerprint density at radius 1 is 1.05 bits per heavy atom. The average Bonchev–Trinajstić information content (AvgIpc) is 2.76. The number of fused-ring (bicyclic) bond motifs is 1. The second-order valence-electron chi connectivity index (χ2n) is 4.53. The molecule has 0 atom stereocenters. The molecule has 1 aromatic heterocycles. The Kier molecular flexibility index (Phi) is 4.97. The number of benzene rings is 2. The summed E-state index contributed by atoms with van der Waals surface area (Å²) in [6, 6.07) is 12.3. The molecule has 0 saturated heterocycles. The molecule has 1 heterocycles. The van der Waals surface area contributed by atoms with E-state index < -0.39 is 0 Å². The smallest absolute Gasteiger partial charge is 0.115 e. The van der Waals surface area contributed by atoms with Crippen LogP contribution in [0.15, 0.2) is 36.4 Å². The van der Waals surface area contributed by atoms with Crippen LogP contribution in [0.3, 0.4) is 0 Å². The fourth-order valence-corrected chi connectivity index (χ4v) is 3.87. The molecule has 2 nitrogen and oxygen atoms in total. The lowest BCUT2D eigenvalue weighted by molar-refractivity contribution is 0.912. The zero-order valence-electron chi connectivity index (χ0n) is 10.8. The van der Waals surface area contributed by atoms with Gasteiger partial charge in [-0.15, -0.1) is 11.6 Å². The van der Waals surface area contributed by atoms with Crippen molar-refractivity contribution in [1.82, 2.24) is 9.55 Å². The molecule has 0 aliphatic heterocycles. The monoisotopic (exact) mass is 542 g/mol. The van der Waals surface area contributed by atoms with E-state index in [1.54, 1.807) is 0 Å². The molecule has 0 amide bonds. The van der Waals surface area contributed by atoms with Crippen molar-refractivity contribution in [2.24, 2.45) is 0 Å². The van der Waals surface area contributed by atoms with Gasteiger partial charge in [-0.2, -0.15) is 0 Å². The highest BCUT2D eigenvalue weighted by atomic mass is 127. The zero-order chi connectivity index (χ0) is 15.0. The normalized spacial score (nSPS) is 11.2. The molecule has 0 unspecified atom stereocenters. The molecule has 0 bridgehead atoms. The van der Waals surface area contributed by atoms with Gasteiger partial charge in [-0.25, -0.2) is 4.98 Å². The molecule has 2 aromatic carbocycles. The van der Waals surface area contributed by atoms with Crippen LogP contribution in [0.4, 0.5) is 0 Å². The van der Waals surface area contributed by atoms with E-state index in [-0.39, 0.29) is 0 Å². The maximum Gasteiger partial charge on any atom is 0.115 e. The topological polar surface area (TPSA) is 17.8 Å². The summed E-state index contributed by atoms with van der Waals surface area (Å²) < 4.78 is 4.38. The van der Waals surface area contributed by atoms with Crippen LogP contribution in [0.1, 0.15) is 5.82 Å². The molecule has 0 N–H and O–H groups in total. The molecule has 0 aliphatic rings. The summed E-state index contributed by atoms with van der Waals surface area (Å²) in [4.78, 5) is 4.72. The highest BCUT2D eigenvalue weighted by Crippen LogP contribution is 2.29. The van der Waals surface area contributed by atoms with Gasteiger partial charge in [-0.1, -0.05) is 11.6 Å². The van der Waals surface area contributed by atoms with Gasteiger partial charge in [0.1, 0.15) is 5.82 Å². The maximum atomic E-state index is 6.44. The van der Waals surface area contributed by atoms with Crippen LogP contribution >= 0.6 is 68.4 Å². The first-order valence-corrected chi connectivity index (χ1v) is 9.35. The van der Waals surface area contributed by atoms with Gasteiger partial charge in [0.25, 0.3) is 0 Å². The Hall–Kier alpha value is -0.0500. The lowest BCUT2D eigenvalue weighted by Crippen LogP contribution is -2.03. The van der Waals surface area contributed by atoms with Crippen LogP contribution in [-0.4, -0.2) is 15.4 Å². The van der Waals surface area contributed by atoms with Gasteiger partial charge in [-0.3, -0.25) is 4.57 Å². The third kappa shape index (κ3) is 3.18. The predicted octanol–water partition coefficient (Wildman–Crippen LogP) is 5.67. The SMILES string of the molecule is ClCCc1nc2cc(I)ccc2n1-c1ccc(I)cc1Cl. The highest BCUT2D eigenvalue weighted by Gasteiger charge is 2.14. The highest BCUT2D eigenvalue weighted by molar-refractivity contribution is 14.1. The number of nitrogens with zero attached hydrogens (tertiary/aromatic N) is 2. The molecule has 0 saturated carbocycles. The van der Waals surface area contributed by atoms with Gasteiger partial charge in [0.15, 0.2) is 0 Å². The quantitative estimate of drug-likeness (QED) is 0.308. The van der Waals surface area contributed by atoms with Gasteiger partial charge in [-0.05, 0) is 81.6 Å². The fourth-order valence-electron chi connectivity index (χ4n) is 2.29. The first kappa shape index (κ1) is 15.8. The fraction of sp³-hybridized carbons (Fsp3) is 0.133. The Bertz CT molecular complexity index is 815. The van der Waals surface area contributed by atoms with Crippen molar-refractivity contribution in [1.29, 1.82) is 0 Å². The molecule has 6 heteroatoms. The van der Waals surface area contributed by atoms with Crippen LogP contribution in [0.25, 0.3) is 16.7 Å². The average molecular weight is 543 g/mol. The van der Waals surface area contributed by atoms with E-state index in [4.69, 9.17) is 28.2 Å². The predicted molar refractivity (Wildman–Crippen MR) is 106 cm³/mol. The summed E-state index contributed by atoms with van der Waals surface area (Å²) in [7, 11) is 0. The van der Waals surface area contributed by atoms with Crippen molar-refractivity contribution >= 4 is 79.4 Å². The van der Waals surface area contributed by atoms with Gasteiger partial charge in [0.05, 0.1) is 21.7 Å². The second kappa shape index (κ2) is 6.60. The van der Waals surface area contributed by atoms with Crippen LogP contribution in [-0.2, 0) is 6.42 Å². The van der Waals surface area contributed by atoms with E-state index in [1.807, 2.05) is 18.2 Å². The number of rotatable bonds is 3. The summed E-state index contributed by atoms with van der Waals surface area (Å²) in [5.41, 5.74) is 2.97. The molecular formula is C15H10Cl2I2N2. The van der Waals surface area contributed by atoms with Crippen molar-refractivity contribution in [2.45, 2.75) is 6.42 Å². The number of aryl methyl sites for hydroxylation is 1. The number of alkyl halides is 1. The third-order valence-corrected chi connectivity index (χ3v) is 4.99. The van der Waals surface area contributed by atoms with Gasteiger partial charge in [0.2, 0.25) is 0 Å². The Balaban J connectivity index is 2.30. The van der Waals surface area contributed by atoms with E-state index in [0.717, 1.165) is 34.7 Å². The number of halogens is 4. The number of aromatic nitrogens is 2. The summed E-state index contributed by atoms with van der Waals surface area (Å²) in [6.45, 7) is 0. The second-order valence-corrected chi connectivity index (χ2v) is 7.81. The van der Waals surface area contributed by atoms with Crippen LogP contribution in [0, 0.1) is 7.14 Å². The van der Waals surface area contributed by atoms with Gasteiger partial charge < -0.3 is 0 Å². The minimum atomic E-state index is 0.530. The maximum absolute atomic E-state index is 6.44. The van der Waals surface area contributed by atoms with E-state index in [2.05, 4.69) is 67.9 Å². The Labute approximate surface area is 160 Å². The van der Waals surface area contributed by atoms with E-state index >= 15 is 0 Å². The minimum absolute atomic E-state index is 0.530. The molecule has 0 spiro atoms. The molecule has 0 fully saturated rings. The molecule has 3 rings (SSSR count). The summed E-state index contributed by atoms with van der Waals surface area (Å²) >= 11 is 16.9. The Morgan fingerprint density at radius 3 is 2.48 bits per heavy atom. The molecule has 21 heavy (non-hydrogen) atoms. The minimum Gasteiger partial charge on any atom is -0.295 e. The van der Waals surface area contributed by atoms with Crippen molar-refractivity contribution in [3.63, 3.8) is 0 Å². The molecule has 108 valence electrons. The van der Waals surface area contributed by atoms with Crippen molar-refractivity contribution in [3.8, 4) is 5.69 Å². The van der Waals surface area contributed by atoms with Crippen LogP contribution in [0.2, 0.25) is 5.02 Å². The Morgan fingerprint density at radius 2 is 1.76 bits per heavy atom. The summed E-state index contributed by atoms with van der Waals surface area (Å²) in [5, 5.41) is 0.718. The third-order valence-electron chi connectivity index (χ3n) is 3.15. The largest absolute Gasteiger partial charge is 0.295 e. The summed E-state index contributed by atoms with van der Waals surface area (Å²) in [6.07, 6.45) is 0.704. The van der Waals surface area contributed by atoms with E-state index in [1.165, 1.54) is 0 Å². The van der Waals surface area contributed by atoms with Crippen molar-refractivity contribution < 1.29 is 0 Å². The van der Waals surface area contributed by atoms with Crippen LogP contribution in [0.5, 0.6) is 0 Å². The standard InChI is InChI=1S/C15H10Cl2I2N2/c16-6-5-15-20-12-8-10(19)2-4-14(12)21(15)13-3-1-9(18)7-11(13)17/h1-4,7-8H,5-6H2. The van der Waals surface area contributed by atoms with E-state index in [9.17, 15) is 0 Å². The lowest BCUT2D eigenvalue weighted by Gasteiger charge is -2.11. The molecule has 3 aromatic rings. The molecule has 0 radical (unpaired) electrons. The first-order valence-electron chi connectivity index (χ1n) is 6.28. The number of hydrogen-bond acceptors (Lipinski definition) is 1. The van der Waals surface area contributed by atoms with Crippen LogP contribution < -0.4 is 0 Å². The number of imidazole rings is 1. The van der Waals surface area contributed by atoms with Crippen molar-refractivity contribution in [2.75, 3.05) is 5.88 Å². The lowest BCUT2D eigenvalue weighted by atomic mass is 10.2. The van der Waals surface area contributed by atoms with Gasteiger partial charge in [0, 0.05) is 19.4 Å². The summed E-state index contributed by atoms with van der Waals surface area (Å²) in [5.74, 6) is 1.47. The number of hydrogen-bond donors (Lipinski definition) is 0. The van der Waals surface area contributed by atoms with Crippen molar-refractivity contribution in [3.05, 3.63) is 54.4 Å². The molecule has 0 aliphatic carbocycles.